The summed E-state index contributed by atoms with van der Waals surface area (Å²) in [5.41, 5.74) is -0.685. The van der Waals surface area contributed by atoms with Gasteiger partial charge in [0.2, 0.25) is 5.91 Å². The number of ether oxygens (including phenoxy) is 1. The Balaban J connectivity index is 1.59. The van der Waals surface area contributed by atoms with Gasteiger partial charge in [0, 0.05) is 31.8 Å². The fourth-order valence-corrected chi connectivity index (χ4v) is 3.63. The van der Waals surface area contributed by atoms with Crippen molar-refractivity contribution in [2.24, 2.45) is 0 Å². The maximum atomic E-state index is 13.7. The second-order valence-corrected chi connectivity index (χ2v) is 6.51. The van der Waals surface area contributed by atoms with Crippen LogP contribution in [0.15, 0.2) is 30.9 Å². The van der Waals surface area contributed by atoms with Crippen LogP contribution in [0.25, 0.3) is 0 Å². The number of alkyl halides is 2. The standard InChI is InChI=1S/C16H17F2N5O2/c17-16(18)8-15(9-16,11-2-1-3-19-6-11)14(24)23-4-5-25-12(7-23)13-20-10-21-22-13/h1-3,6,10,12H,4-5,7-9H2,(H,20,21,22). The van der Waals surface area contributed by atoms with E-state index in [0.29, 0.717) is 24.5 Å². The molecule has 2 aromatic rings. The highest BCUT2D eigenvalue weighted by atomic mass is 19.3. The highest BCUT2D eigenvalue weighted by Gasteiger charge is 2.62. The Morgan fingerprint density at radius 2 is 2.24 bits per heavy atom. The van der Waals surface area contributed by atoms with Crippen molar-refractivity contribution in [1.29, 1.82) is 0 Å². The Bertz CT molecular complexity index is 745. The molecule has 1 atom stereocenters. The number of morpholine rings is 1. The normalized spacial score (nSPS) is 24.6. The highest BCUT2D eigenvalue weighted by Crippen LogP contribution is 2.54. The quantitative estimate of drug-likeness (QED) is 0.907. The largest absolute Gasteiger partial charge is 0.367 e. The summed E-state index contributed by atoms with van der Waals surface area (Å²) in [5, 5.41) is 6.51. The van der Waals surface area contributed by atoms with Crippen LogP contribution in [0.3, 0.4) is 0 Å². The lowest BCUT2D eigenvalue weighted by atomic mass is 9.61. The predicted molar refractivity (Wildman–Crippen MR) is 81.8 cm³/mol. The SMILES string of the molecule is O=C(N1CCOC(c2ncn[nH]2)C1)C1(c2cccnc2)CC(F)(F)C1. The van der Waals surface area contributed by atoms with E-state index in [4.69, 9.17) is 4.74 Å². The Morgan fingerprint density at radius 3 is 2.88 bits per heavy atom. The molecule has 1 amide bonds. The molecule has 3 heterocycles. The third-order valence-electron chi connectivity index (χ3n) is 4.84. The second-order valence-electron chi connectivity index (χ2n) is 6.51. The lowest BCUT2D eigenvalue weighted by Gasteiger charge is -2.49. The molecule has 132 valence electrons. The molecule has 1 N–H and O–H groups in total. The summed E-state index contributed by atoms with van der Waals surface area (Å²) in [6.45, 7) is 0.926. The van der Waals surface area contributed by atoms with Crippen LogP contribution >= 0.6 is 0 Å². The van der Waals surface area contributed by atoms with Crippen LogP contribution in [0, 0.1) is 0 Å². The maximum absolute atomic E-state index is 13.7. The molecule has 0 spiro atoms. The van der Waals surface area contributed by atoms with E-state index in [2.05, 4.69) is 20.2 Å². The summed E-state index contributed by atoms with van der Waals surface area (Å²) in [5.74, 6) is -2.62. The van der Waals surface area contributed by atoms with Gasteiger partial charge in [-0.15, -0.1) is 0 Å². The monoisotopic (exact) mass is 349 g/mol. The molecular weight excluding hydrogens is 332 g/mol. The summed E-state index contributed by atoms with van der Waals surface area (Å²) in [4.78, 5) is 22.8. The van der Waals surface area contributed by atoms with E-state index in [9.17, 15) is 13.6 Å². The third kappa shape index (κ3) is 2.78. The van der Waals surface area contributed by atoms with E-state index in [1.165, 1.54) is 12.5 Å². The first-order valence-corrected chi connectivity index (χ1v) is 8.05. The van der Waals surface area contributed by atoms with Crippen molar-refractivity contribution < 1.29 is 18.3 Å². The van der Waals surface area contributed by atoms with Gasteiger partial charge in [0.05, 0.1) is 18.6 Å². The van der Waals surface area contributed by atoms with Crippen LogP contribution in [0.2, 0.25) is 0 Å². The summed E-state index contributed by atoms with van der Waals surface area (Å²) >= 11 is 0. The van der Waals surface area contributed by atoms with Crippen molar-refractivity contribution >= 4 is 5.91 Å². The number of pyridine rings is 1. The lowest BCUT2D eigenvalue weighted by Crippen LogP contribution is -2.60. The van der Waals surface area contributed by atoms with Gasteiger partial charge in [-0.3, -0.25) is 14.9 Å². The molecule has 1 saturated heterocycles. The Hall–Kier alpha value is -2.42. The zero-order valence-electron chi connectivity index (χ0n) is 13.4. The number of nitrogens with one attached hydrogen (secondary N) is 1. The number of carbonyl (C=O) groups is 1. The molecule has 0 bridgehead atoms. The smallest absolute Gasteiger partial charge is 0.250 e. The summed E-state index contributed by atoms with van der Waals surface area (Å²) < 4.78 is 33.0. The van der Waals surface area contributed by atoms with Crippen molar-refractivity contribution in [3.8, 4) is 0 Å². The Labute approximate surface area is 142 Å². The van der Waals surface area contributed by atoms with Crippen LogP contribution in [-0.2, 0) is 14.9 Å². The lowest BCUT2D eigenvalue weighted by molar-refractivity contribution is -0.173. The summed E-state index contributed by atoms with van der Waals surface area (Å²) in [7, 11) is 0. The van der Waals surface area contributed by atoms with Gasteiger partial charge in [0.15, 0.2) is 5.82 Å². The van der Waals surface area contributed by atoms with Crippen molar-refractivity contribution in [2.75, 3.05) is 19.7 Å². The van der Waals surface area contributed by atoms with Crippen molar-refractivity contribution in [3.63, 3.8) is 0 Å². The highest BCUT2D eigenvalue weighted by molar-refractivity contribution is 5.90. The molecule has 1 saturated carbocycles. The molecule has 1 aliphatic heterocycles. The molecule has 1 unspecified atom stereocenters. The fourth-order valence-electron chi connectivity index (χ4n) is 3.63. The second kappa shape index (κ2) is 5.83. The van der Waals surface area contributed by atoms with E-state index in [0.717, 1.165) is 0 Å². The first-order chi connectivity index (χ1) is 12.0. The molecule has 1 aliphatic carbocycles. The average molecular weight is 349 g/mol. The van der Waals surface area contributed by atoms with Gasteiger partial charge in [-0.1, -0.05) is 6.07 Å². The van der Waals surface area contributed by atoms with Gasteiger partial charge >= 0.3 is 0 Å². The average Bonchev–Trinajstić information content (AvgIpc) is 3.14. The van der Waals surface area contributed by atoms with Gasteiger partial charge in [0.25, 0.3) is 5.92 Å². The Kier molecular flexibility index (Phi) is 3.75. The van der Waals surface area contributed by atoms with Gasteiger partial charge in [-0.2, -0.15) is 5.10 Å². The number of hydrogen-bond acceptors (Lipinski definition) is 5. The number of aromatic amines is 1. The summed E-state index contributed by atoms with van der Waals surface area (Å²) in [6.07, 6.45) is 3.01. The van der Waals surface area contributed by atoms with Crippen molar-refractivity contribution in [3.05, 3.63) is 42.2 Å². The topological polar surface area (TPSA) is 84.0 Å². The zero-order valence-corrected chi connectivity index (χ0v) is 13.4. The van der Waals surface area contributed by atoms with Crippen molar-refractivity contribution in [1.82, 2.24) is 25.1 Å². The molecule has 2 aliphatic rings. The molecule has 0 aromatic carbocycles. The van der Waals surface area contributed by atoms with E-state index < -0.39 is 30.3 Å². The van der Waals surface area contributed by atoms with Crippen LogP contribution in [0.1, 0.15) is 30.3 Å². The molecule has 4 rings (SSSR count). The van der Waals surface area contributed by atoms with Crippen LogP contribution in [0.4, 0.5) is 8.78 Å². The fraction of sp³-hybridized carbons (Fsp3) is 0.500. The van der Waals surface area contributed by atoms with E-state index in [-0.39, 0.29) is 12.5 Å². The molecule has 25 heavy (non-hydrogen) atoms. The van der Waals surface area contributed by atoms with Crippen molar-refractivity contribution in [2.45, 2.75) is 30.3 Å². The minimum atomic E-state index is -2.83. The minimum absolute atomic E-state index is 0.252. The zero-order chi connectivity index (χ0) is 17.5. The van der Waals surface area contributed by atoms with Gasteiger partial charge in [-0.05, 0) is 11.6 Å². The van der Waals surface area contributed by atoms with Crippen LogP contribution in [-0.4, -0.2) is 56.6 Å². The van der Waals surface area contributed by atoms with Crippen LogP contribution in [0.5, 0.6) is 0 Å². The third-order valence-corrected chi connectivity index (χ3v) is 4.84. The molecule has 0 radical (unpaired) electrons. The Morgan fingerprint density at radius 1 is 1.40 bits per heavy atom. The first-order valence-electron chi connectivity index (χ1n) is 8.05. The number of nitrogens with zero attached hydrogens (tertiary/aromatic N) is 4. The minimum Gasteiger partial charge on any atom is -0.367 e. The molecule has 2 aromatic heterocycles. The van der Waals surface area contributed by atoms with Gasteiger partial charge < -0.3 is 9.64 Å². The van der Waals surface area contributed by atoms with Gasteiger partial charge in [-0.25, -0.2) is 13.8 Å². The van der Waals surface area contributed by atoms with E-state index in [1.807, 2.05) is 0 Å². The molecule has 2 fully saturated rings. The molecule has 9 heteroatoms. The van der Waals surface area contributed by atoms with E-state index in [1.54, 1.807) is 23.2 Å². The number of aromatic nitrogens is 4. The molecular formula is C16H17F2N5O2. The van der Waals surface area contributed by atoms with Crippen LogP contribution < -0.4 is 0 Å². The number of amides is 1. The maximum Gasteiger partial charge on any atom is 0.250 e. The number of rotatable bonds is 3. The molecule has 7 nitrogen and oxygen atoms in total. The van der Waals surface area contributed by atoms with E-state index >= 15 is 0 Å². The predicted octanol–water partition coefficient (Wildman–Crippen LogP) is 1.47. The summed E-state index contributed by atoms with van der Waals surface area (Å²) in [6, 6.07) is 3.35. The first kappa shape index (κ1) is 16.1. The number of hydrogen-bond donors (Lipinski definition) is 1. The number of carbonyl (C=O) groups excluding carboxylic acids is 1. The van der Waals surface area contributed by atoms with Gasteiger partial charge in [0.1, 0.15) is 12.4 Å². The number of halogens is 2. The number of H-pyrrole nitrogens is 1.